The van der Waals surface area contributed by atoms with Crippen LogP contribution in [0.5, 0.6) is 0 Å². The van der Waals surface area contributed by atoms with Gasteiger partial charge in [-0.15, -0.1) is 0 Å². The Morgan fingerprint density at radius 3 is 1.15 bits per heavy atom. The highest BCUT2D eigenvalue weighted by Gasteiger charge is 2.25. The molecule has 0 saturated heterocycles. The fraction of sp³-hybridized carbons (Fsp3) is 0.682. The molecule has 2 atom stereocenters. The number of carbonyl (C=O) groups is 3. The molecule has 0 radical (unpaired) electrons. The van der Waals surface area contributed by atoms with E-state index in [0.29, 0.717) is 17.4 Å². The Kier molecular flexibility index (Phi) is 53.1. The topological polar surface area (TPSA) is 108 Å². The van der Waals surface area contributed by atoms with Crippen molar-refractivity contribution in [3.05, 3.63) is 109 Å². The lowest BCUT2D eigenvalue weighted by molar-refractivity contribution is -0.870. The molecule has 1 N–H and O–H groups in total. The molecule has 0 aromatic heterocycles. The Labute approximate surface area is 460 Å². The lowest BCUT2D eigenvalue weighted by Gasteiger charge is -2.25. The molecule has 0 saturated carbocycles. The Hall–Kier alpha value is -4.05. The number of nitrogens with zero attached hydrogens (tertiary/aromatic N) is 1. The normalized spacial score (nSPS) is 13.6. The van der Waals surface area contributed by atoms with Crippen molar-refractivity contribution in [1.29, 1.82) is 0 Å². The second kappa shape index (κ2) is 56.2. The van der Waals surface area contributed by atoms with Crippen LogP contribution in [-0.2, 0) is 33.3 Å². The molecule has 0 aromatic rings. The van der Waals surface area contributed by atoms with E-state index in [4.69, 9.17) is 18.9 Å². The highest BCUT2D eigenvalue weighted by Crippen LogP contribution is 2.15. The van der Waals surface area contributed by atoms with Crippen LogP contribution in [0.3, 0.4) is 0 Å². The first-order valence-electron chi connectivity index (χ1n) is 30.1. The van der Waals surface area contributed by atoms with Crippen LogP contribution >= 0.6 is 0 Å². The fourth-order valence-electron chi connectivity index (χ4n) is 7.91. The van der Waals surface area contributed by atoms with Gasteiger partial charge in [0.05, 0.1) is 34.4 Å². The zero-order valence-electron chi connectivity index (χ0n) is 48.7. The summed E-state index contributed by atoms with van der Waals surface area (Å²) in [6.07, 6.45) is 74.5. The van der Waals surface area contributed by atoms with Gasteiger partial charge in [-0.1, -0.05) is 226 Å². The van der Waals surface area contributed by atoms with Crippen LogP contribution in [0.15, 0.2) is 109 Å². The van der Waals surface area contributed by atoms with Crippen molar-refractivity contribution < 1.29 is 42.9 Å². The van der Waals surface area contributed by atoms with Gasteiger partial charge >= 0.3 is 17.9 Å². The van der Waals surface area contributed by atoms with E-state index in [0.717, 1.165) is 96.3 Å². The summed E-state index contributed by atoms with van der Waals surface area (Å²) in [5, 5.41) is 9.71. The van der Waals surface area contributed by atoms with Crippen molar-refractivity contribution in [2.75, 3.05) is 47.5 Å². The van der Waals surface area contributed by atoms with Gasteiger partial charge in [0.25, 0.3) is 6.29 Å². The number of hydrogen-bond acceptors (Lipinski definition) is 7. The van der Waals surface area contributed by atoms with E-state index in [1.165, 1.54) is 103 Å². The van der Waals surface area contributed by atoms with E-state index >= 15 is 0 Å². The molecular formula is C66H112NO8+. The van der Waals surface area contributed by atoms with Gasteiger partial charge < -0.3 is 28.5 Å². The lowest BCUT2D eigenvalue weighted by atomic mass is 10.1. The van der Waals surface area contributed by atoms with E-state index < -0.39 is 24.3 Å². The minimum Gasteiger partial charge on any atom is -0.477 e. The zero-order valence-corrected chi connectivity index (χ0v) is 48.7. The highest BCUT2D eigenvalue weighted by molar-refractivity contribution is 5.71. The minimum absolute atomic E-state index is 0.176. The maximum Gasteiger partial charge on any atom is 0.361 e. The van der Waals surface area contributed by atoms with Gasteiger partial charge in [-0.05, 0) is 103 Å². The number of rotatable bonds is 54. The summed E-state index contributed by atoms with van der Waals surface area (Å²) in [5.41, 5.74) is 0. The summed E-state index contributed by atoms with van der Waals surface area (Å²) in [7, 11) is 5.95. The molecule has 0 amide bonds. The van der Waals surface area contributed by atoms with E-state index in [9.17, 15) is 19.5 Å². The van der Waals surface area contributed by atoms with Crippen molar-refractivity contribution in [3.63, 3.8) is 0 Å². The van der Waals surface area contributed by atoms with Gasteiger partial charge in [0, 0.05) is 12.8 Å². The van der Waals surface area contributed by atoms with Crippen LogP contribution < -0.4 is 0 Å². The van der Waals surface area contributed by atoms with Gasteiger partial charge in [0.15, 0.2) is 6.10 Å². The standard InChI is InChI=1S/C66H111NO8/c1-6-8-10-12-14-16-18-20-22-24-26-28-29-30-31-32-33-34-35-37-39-41-43-45-47-49-51-53-55-57-64(69)75-62(61-74-66(65(70)71)72-59-58-67(3,4)5)60-73-63(68)56-54-52-50-48-46-44-42-40-38-36-27-25-23-21-19-17-15-13-11-9-7-2/h8,10,14,16,20,22,25-28,30-31,33-34,37,39,43,45,62,66H,6-7,9,11-13,15,17-19,21,23-24,29,32,35-36,38,40-42,44,46-61H2,1-5H3/p+1/b10-8-,16-14-,22-20-,27-25-,28-26-,31-30-,34-33-,39-37-,45-43-. The number of esters is 2. The minimum atomic E-state index is -1.52. The van der Waals surface area contributed by atoms with E-state index in [1.54, 1.807) is 0 Å². The molecular weight excluding hydrogens is 935 g/mol. The Morgan fingerprint density at radius 2 is 0.760 bits per heavy atom. The second-order valence-electron chi connectivity index (χ2n) is 20.9. The van der Waals surface area contributed by atoms with Gasteiger partial charge in [-0.2, -0.15) is 0 Å². The number of aliphatic carboxylic acids is 1. The van der Waals surface area contributed by atoms with Crippen molar-refractivity contribution in [2.45, 2.75) is 245 Å². The average molecular weight is 1050 g/mol. The summed E-state index contributed by atoms with van der Waals surface area (Å²) in [4.78, 5) is 37.5. The van der Waals surface area contributed by atoms with Crippen LogP contribution in [0, 0.1) is 0 Å². The van der Waals surface area contributed by atoms with Crippen molar-refractivity contribution in [1.82, 2.24) is 0 Å². The van der Waals surface area contributed by atoms with E-state index in [2.05, 4.69) is 123 Å². The number of carboxylic acid groups (broad SMARTS) is 1. The summed E-state index contributed by atoms with van der Waals surface area (Å²) in [5.74, 6) is -2.05. The molecule has 428 valence electrons. The van der Waals surface area contributed by atoms with Crippen molar-refractivity contribution in [2.24, 2.45) is 0 Å². The van der Waals surface area contributed by atoms with Crippen LogP contribution in [0.4, 0.5) is 0 Å². The lowest BCUT2D eigenvalue weighted by Crippen LogP contribution is -2.40. The molecule has 0 rings (SSSR count). The summed E-state index contributed by atoms with van der Waals surface area (Å²) in [6, 6.07) is 0. The first-order valence-corrected chi connectivity index (χ1v) is 30.1. The van der Waals surface area contributed by atoms with Gasteiger partial charge in [-0.25, -0.2) is 4.79 Å². The Morgan fingerprint density at radius 1 is 0.413 bits per heavy atom. The number of ether oxygens (including phenoxy) is 4. The number of allylic oxidation sites excluding steroid dienone is 18. The van der Waals surface area contributed by atoms with Gasteiger partial charge in [0.2, 0.25) is 0 Å². The molecule has 9 nitrogen and oxygen atoms in total. The number of likely N-dealkylation sites (N-methyl/N-ethyl adjacent to an activating group) is 1. The quantitative estimate of drug-likeness (QED) is 0.0211. The summed E-state index contributed by atoms with van der Waals surface area (Å²) >= 11 is 0. The molecule has 0 aliphatic rings. The number of hydrogen-bond donors (Lipinski definition) is 1. The number of unbranched alkanes of at least 4 members (excludes halogenated alkanes) is 21. The third-order valence-electron chi connectivity index (χ3n) is 12.5. The summed E-state index contributed by atoms with van der Waals surface area (Å²) in [6.45, 7) is 4.73. The zero-order chi connectivity index (χ0) is 54.8. The van der Waals surface area contributed by atoms with Crippen LogP contribution in [0.1, 0.15) is 232 Å². The largest absolute Gasteiger partial charge is 0.477 e. The molecule has 0 heterocycles. The smallest absolute Gasteiger partial charge is 0.361 e. The monoisotopic (exact) mass is 1050 g/mol. The van der Waals surface area contributed by atoms with Crippen LogP contribution in [-0.4, -0.2) is 87.4 Å². The maximum atomic E-state index is 12.9. The molecule has 0 aliphatic heterocycles. The predicted octanol–water partition coefficient (Wildman–Crippen LogP) is 17.9. The molecule has 0 spiro atoms. The molecule has 75 heavy (non-hydrogen) atoms. The average Bonchev–Trinajstić information content (AvgIpc) is 3.38. The second-order valence-corrected chi connectivity index (χ2v) is 20.9. The van der Waals surface area contributed by atoms with Crippen LogP contribution in [0.2, 0.25) is 0 Å². The number of carbonyl (C=O) groups excluding carboxylic acids is 2. The molecule has 2 unspecified atom stereocenters. The van der Waals surface area contributed by atoms with Gasteiger partial charge in [0.1, 0.15) is 13.2 Å². The number of quaternary nitrogens is 1. The number of carboxylic acids is 1. The summed E-state index contributed by atoms with van der Waals surface area (Å²) < 4.78 is 22.9. The first-order chi connectivity index (χ1) is 36.6. The fourth-order valence-corrected chi connectivity index (χ4v) is 7.91. The first kappa shape index (κ1) is 71.0. The van der Waals surface area contributed by atoms with Gasteiger partial charge in [-0.3, -0.25) is 9.59 Å². The molecule has 9 heteroatoms. The van der Waals surface area contributed by atoms with Crippen molar-refractivity contribution in [3.8, 4) is 0 Å². The molecule has 0 fully saturated rings. The Bertz CT molecular complexity index is 1590. The van der Waals surface area contributed by atoms with Crippen LogP contribution in [0.25, 0.3) is 0 Å². The van der Waals surface area contributed by atoms with E-state index in [-0.39, 0.29) is 38.6 Å². The Balaban J connectivity index is 4.33. The third-order valence-corrected chi connectivity index (χ3v) is 12.5. The van der Waals surface area contributed by atoms with E-state index in [1.807, 2.05) is 21.1 Å². The predicted molar refractivity (Wildman–Crippen MR) is 318 cm³/mol. The molecule has 0 aromatic carbocycles. The molecule has 0 aliphatic carbocycles. The maximum absolute atomic E-state index is 12.9. The SMILES string of the molecule is CC/C=C\C/C=C\C/C=C\C/C=C\C/C=C\C/C=C\C/C=C\C/C=C\CCCCCCC(=O)OC(COC(=O)CCCCCCCCCCC/C=C\CCCCCCCCCC)COC(OCC[N+](C)(C)C)C(=O)O. The molecule has 0 bridgehead atoms. The third kappa shape index (κ3) is 57.5. The highest BCUT2D eigenvalue weighted by atomic mass is 16.7. The van der Waals surface area contributed by atoms with Crippen molar-refractivity contribution >= 4 is 17.9 Å².